The van der Waals surface area contributed by atoms with E-state index in [4.69, 9.17) is 0 Å². The Labute approximate surface area is 302 Å². The van der Waals surface area contributed by atoms with Crippen LogP contribution in [-0.4, -0.2) is 82.0 Å². The first kappa shape index (κ1) is 35.4. The van der Waals surface area contributed by atoms with Gasteiger partial charge in [0, 0.05) is 43.4 Å². The van der Waals surface area contributed by atoms with Crippen molar-refractivity contribution in [3.63, 3.8) is 0 Å². The lowest BCUT2D eigenvalue weighted by Gasteiger charge is -2.62. The second-order valence-corrected chi connectivity index (χ2v) is 50.8. The third-order valence-corrected chi connectivity index (χ3v) is 50.5. The van der Waals surface area contributed by atoms with Gasteiger partial charge in [0.2, 0.25) is 0 Å². The van der Waals surface area contributed by atoms with Crippen LogP contribution in [0.1, 0.15) is 77.0 Å². The van der Waals surface area contributed by atoms with Crippen molar-refractivity contribution in [2.45, 2.75) is 174 Å². The zero-order chi connectivity index (χ0) is 33.3. The highest BCUT2D eigenvalue weighted by Crippen LogP contribution is 2.62. The maximum absolute atomic E-state index is 2.99. The van der Waals surface area contributed by atoms with E-state index in [0.29, 0.717) is 49.0 Å². The summed E-state index contributed by atoms with van der Waals surface area (Å²) in [6.07, 6.45) is 29.4. The Morgan fingerprint density at radius 2 is 0.630 bits per heavy atom. The summed E-state index contributed by atoms with van der Waals surface area (Å²) in [6, 6.07) is 0. The third-order valence-electron chi connectivity index (χ3n) is 15.8. The molecule has 10 rings (SSSR count). The van der Waals surface area contributed by atoms with Crippen LogP contribution in [-0.2, 0) is 0 Å². The van der Waals surface area contributed by atoms with Crippen LogP contribution in [0.25, 0.3) is 0 Å². The minimum atomic E-state index is -1.20. The summed E-state index contributed by atoms with van der Waals surface area (Å²) in [5.41, 5.74) is 1.20. The largest absolute Gasteiger partial charge is 0.471 e. The molecule has 254 valence electrons. The molecule has 0 N–H and O–H groups in total. The van der Waals surface area contributed by atoms with Crippen LogP contribution in [0.2, 0.25) is 85.6 Å². The molecule has 0 saturated heterocycles. The number of hydrogen-bond donors (Lipinski definition) is 0. The van der Waals surface area contributed by atoms with Gasteiger partial charge in [0.25, 0.3) is 0 Å². The molecule has 0 atom stereocenters. The molecule has 2 nitrogen and oxygen atoms in total. The molecule has 0 aromatic rings. The van der Waals surface area contributed by atoms with Crippen molar-refractivity contribution in [2.24, 2.45) is 35.5 Å². The predicted molar refractivity (Wildman–Crippen MR) is 214 cm³/mol. The lowest BCUT2D eigenvalue weighted by molar-refractivity contribution is -0.0445. The minimum Gasteiger partial charge on any atom is -0.471 e. The first-order valence-corrected chi connectivity index (χ1v) is 36.0. The Balaban J connectivity index is 0.000000147. The number of rotatable bonds is 6. The van der Waals surface area contributed by atoms with Gasteiger partial charge in [-0.15, -0.1) is 0 Å². The Kier molecular flexibility index (Phi) is 8.67. The lowest BCUT2D eigenvalue weighted by atomic mass is 9.53. The van der Waals surface area contributed by atoms with Crippen LogP contribution in [0.4, 0.5) is 0 Å². The smallest absolute Gasteiger partial charge is 0.375 e. The predicted octanol–water partition coefficient (Wildman–Crippen LogP) is 10.6. The second-order valence-electron chi connectivity index (χ2n) is 22.7. The molecule has 8 bridgehead atoms. The monoisotopic (exact) mass is 720 g/mol. The molecule has 10 aliphatic rings. The van der Waals surface area contributed by atoms with E-state index in [9.17, 15) is 0 Å². The van der Waals surface area contributed by atoms with Crippen LogP contribution < -0.4 is 0 Å². The van der Waals surface area contributed by atoms with Gasteiger partial charge in [-0.25, -0.2) is 0 Å². The van der Waals surface area contributed by atoms with Crippen molar-refractivity contribution in [1.29, 1.82) is 0 Å². The zero-order valence-corrected chi connectivity index (χ0v) is 38.6. The van der Waals surface area contributed by atoms with Crippen LogP contribution in [0.15, 0.2) is 24.6 Å². The van der Waals surface area contributed by atoms with Gasteiger partial charge in [-0.3, -0.25) is 0 Å². The average molecular weight is 721 g/mol. The fourth-order valence-corrected chi connectivity index (χ4v) is 45.3. The highest BCUT2D eigenvalue weighted by atomic mass is 28.4. The Morgan fingerprint density at radius 1 is 0.413 bits per heavy atom. The van der Waals surface area contributed by atoms with Gasteiger partial charge in [-0.2, -0.15) is 0 Å². The van der Waals surface area contributed by atoms with Crippen molar-refractivity contribution in [2.75, 3.05) is 0 Å². The molecule has 8 heteroatoms. The SMILES string of the molecule is C[Si](C)(C)[C]1([Si](C)(C)C)C=C[N](C23CC4CC(CC(C4)C2)C3)[Al]1.C[Si](C)(C)[C]1([Si](C)(C)C)C=C[N](C23CC4CC(CC(C4)C2)C3)[Al]1. The van der Waals surface area contributed by atoms with Gasteiger partial charge < -0.3 is 7.77 Å². The molecule has 0 unspecified atom stereocenters. The molecule has 46 heavy (non-hydrogen) atoms. The van der Waals surface area contributed by atoms with Crippen LogP contribution >= 0.6 is 0 Å². The van der Waals surface area contributed by atoms with Gasteiger partial charge >= 0.3 is 30.9 Å². The molecular weight excluding hydrogens is 651 g/mol. The first-order chi connectivity index (χ1) is 21.1. The van der Waals surface area contributed by atoms with Gasteiger partial charge in [0.1, 0.15) is 0 Å². The van der Waals surface area contributed by atoms with Crippen molar-refractivity contribution >= 4 is 63.2 Å². The van der Waals surface area contributed by atoms with E-state index < -0.39 is 32.3 Å². The van der Waals surface area contributed by atoms with Gasteiger partial charge in [0.05, 0.1) is 0 Å². The second kappa shape index (κ2) is 11.3. The summed E-state index contributed by atoms with van der Waals surface area (Å²) in [5.74, 6) is 6.43. The average Bonchev–Trinajstić information content (AvgIpc) is 3.55. The van der Waals surface area contributed by atoms with Crippen LogP contribution in [0.3, 0.4) is 0 Å². The fourth-order valence-electron chi connectivity index (χ4n) is 14.4. The summed E-state index contributed by atoms with van der Waals surface area (Å²) in [7, 11) is -4.78. The third kappa shape index (κ3) is 5.58. The van der Waals surface area contributed by atoms with Crippen LogP contribution in [0, 0.1) is 35.5 Å². The molecule has 2 radical (unpaired) electrons. The molecule has 2 heterocycles. The molecule has 8 fully saturated rings. The van der Waals surface area contributed by atoms with Gasteiger partial charge in [-0.1, -0.05) is 90.7 Å². The maximum atomic E-state index is 2.99. The molecule has 0 aromatic heterocycles. The normalized spacial score (nSPS) is 41.5. The lowest BCUT2D eigenvalue weighted by Crippen LogP contribution is -2.63. The van der Waals surface area contributed by atoms with Gasteiger partial charge in [0.15, 0.2) is 0 Å². The summed E-state index contributed by atoms with van der Waals surface area (Å²) >= 11 is 0.850. The Morgan fingerprint density at radius 3 is 0.804 bits per heavy atom. The number of nitrogens with zero attached hydrogens (tertiary/aromatic N) is 2. The van der Waals surface area contributed by atoms with Crippen molar-refractivity contribution in [3.8, 4) is 0 Å². The van der Waals surface area contributed by atoms with Crippen LogP contribution in [0.5, 0.6) is 0 Å². The van der Waals surface area contributed by atoms with E-state index in [1.165, 1.54) is 38.5 Å². The van der Waals surface area contributed by atoms with Gasteiger partial charge in [-0.05, 0) is 132 Å². The van der Waals surface area contributed by atoms with E-state index in [0.717, 1.165) is 35.5 Å². The molecule has 0 amide bonds. The van der Waals surface area contributed by atoms with E-state index in [1.54, 1.807) is 38.5 Å². The van der Waals surface area contributed by atoms with Crippen molar-refractivity contribution in [3.05, 3.63) is 24.6 Å². The maximum Gasteiger partial charge on any atom is 0.375 e. The molecule has 8 aliphatic carbocycles. The highest BCUT2D eigenvalue weighted by Gasteiger charge is 2.61. The summed E-state index contributed by atoms with van der Waals surface area (Å²) in [4.78, 5) is 0. The Hall–Kier alpha value is 1.01. The summed E-state index contributed by atoms with van der Waals surface area (Å²) < 4.78 is 7.27. The quantitative estimate of drug-likeness (QED) is 0.252. The molecule has 0 aromatic carbocycles. The standard InChI is InChI=1S/2C19H35NSi2.2Al/c2*1-21(2,3)18(22(4,5)6)7-8-20-19-12-15-9-16(13-19)11-17(10-15)14-19;;/h2*7-8,15-17H,9-14H2,1-6H3;;/q2*-1;2*+1. The molecule has 0 spiro atoms. The van der Waals surface area contributed by atoms with E-state index in [1.807, 2.05) is 0 Å². The topological polar surface area (TPSA) is 6.48 Å². The van der Waals surface area contributed by atoms with E-state index in [-0.39, 0.29) is 0 Å². The first-order valence-electron chi connectivity index (χ1n) is 19.8. The fraction of sp³-hybridized carbons (Fsp3) is 0.895. The van der Waals surface area contributed by atoms with E-state index >= 15 is 0 Å². The molecular formula is C38H70Al2N2Si4. The zero-order valence-electron chi connectivity index (χ0n) is 32.3. The van der Waals surface area contributed by atoms with Crippen molar-refractivity contribution < 1.29 is 0 Å². The van der Waals surface area contributed by atoms with Crippen molar-refractivity contribution in [1.82, 2.24) is 7.77 Å². The summed E-state index contributed by atoms with van der Waals surface area (Å²) in [6.45, 7) is 31.7. The highest BCUT2D eigenvalue weighted by molar-refractivity contribution is 7.09. The number of hydrogen-bond acceptors (Lipinski definition) is 2. The van der Waals surface area contributed by atoms with E-state index in [2.05, 4.69) is 111 Å². The Bertz CT molecular complexity index is 1050. The molecule has 2 aliphatic heterocycles. The number of allylic oxidation sites excluding steroid dienone is 2. The summed E-state index contributed by atoms with van der Waals surface area (Å²) in [5, 5.41) is 0. The minimum absolute atomic E-state index is 0.425. The molecule has 8 saturated carbocycles.